The van der Waals surface area contributed by atoms with E-state index < -0.39 is 17.8 Å². The molecule has 0 radical (unpaired) electrons. The van der Waals surface area contributed by atoms with E-state index >= 15 is 0 Å². The van der Waals surface area contributed by atoms with Crippen molar-refractivity contribution in [1.82, 2.24) is 9.78 Å². The van der Waals surface area contributed by atoms with Crippen LogP contribution in [0.15, 0.2) is 36.5 Å². The minimum absolute atomic E-state index is 0.291. The highest BCUT2D eigenvalue weighted by atomic mass is 19.4. The molecule has 2 rings (SSSR count). The lowest BCUT2D eigenvalue weighted by Crippen LogP contribution is -2.15. The van der Waals surface area contributed by atoms with E-state index in [4.69, 9.17) is 5.11 Å². The molecule has 4 nitrogen and oxygen atoms in total. The minimum Gasteiger partial charge on any atom is -0.478 e. The minimum atomic E-state index is -4.66. The number of hydrogen-bond acceptors (Lipinski definition) is 2. The monoisotopic (exact) mass is 310 g/mol. The molecule has 0 atom stereocenters. The van der Waals surface area contributed by atoms with Crippen LogP contribution in [-0.4, -0.2) is 20.9 Å². The number of halogens is 3. The van der Waals surface area contributed by atoms with Crippen molar-refractivity contribution in [1.29, 1.82) is 0 Å². The normalized spacial score (nSPS) is 12.0. The van der Waals surface area contributed by atoms with Crippen molar-refractivity contribution < 1.29 is 23.1 Å². The molecule has 1 aromatic carbocycles. The molecule has 1 aromatic heterocycles. The molecule has 116 valence electrons. The summed E-state index contributed by atoms with van der Waals surface area (Å²) in [4.78, 5) is 10.5. The second kappa shape index (κ2) is 6.05. The Balaban J connectivity index is 2.65. The molecule has 0 saturated heterocycles. The number of benzene rings is 1. The topological polar surface area (TPSA) is 55.1 Å². The fourth-order valence-corrected chi connectivity index (χ4v) is 2.13. The summed E-state index contributed by atoms with van der Waals surface area (Å²) < 4.78 is 40.8. The van der Waals surface area contributed by atoms with E-state index in [9.17, 15) is 18.0 Å². The smallest absolute Gasteiger partial charge is 0.434 e. The standard InChI is InChI=1S/C15H13F3N2O2/c1-2-10-5-3-4-6-12(10)20-14(15(16,17)18)11(9-19-20)7-8-13(21)22/h3-9H,2H2,1H3,(H,21,22)/b8-7+. The van der Waals surface area contributed by atoms with Crippen LogP contribution < -0.4 is 0 Å². The van der Waals surface area contributed by atoms with E-state index in [1.807, 2.05) is 6.92 Å². The van der Waals surface area contributed by atoms with Gasteiger partial charge in [-0.15, -0.1) is 0 Å². The fourth-order valence-electron chi connectivity index (χ4n) is 2.13. The SMILES string of the molecule is CCc1ccccc1-n1ncc(/C=C/C(=O)O)c1C(F)(F)F. The summed E-state index contributed by atoms with van der Waals surface area (Å²) in [5, 5.41) is 12.4. The summed E-state index contributed by atoms with van der Waals surface area (Å²) in [5.41, 5.74) is -0.246. The van der Waals surface area contributed by atoms with Gasteiger partial charge in [-0.2, -0.15) is 18.3 Å². The van der Waals surface area contributed by atoms with E-state index in [-0.39, 0.29) is 5.56 Å². The first kappa shape index (κ1) is 15.8. The van der Waals surface area contributed by atoms with Crippen molar-refractivity contribution >= 4 is 12.0 Å². The van der Waals surface area contributed by atoms with Gasteiger partial charge in [-0.1, -0.05) is 25.1 Å². The lowest BCUT2D eigenvalue weighted by molar-refractivity contribution is -0.143. The van der Waals surface area contributed by atoms with Gasteiger partial charge in [0.05, 0.1) is 11.9 Å². The van der Waals surface area contributed by atoms with Crippen LogP contribution in [0.2, 0.25) is 0 Å². The van der Waals surface area contributed by atoms with Crippen LogP contribution in [0, 0.1) is 0 Å². The predicted octanol–water partition coefficient (Wildman–Crippen LogP) is 3.55. The second-order valence-electron chi connectivity index (χ2n) is 4.51. The Morgan fingerprint density at radius 2 is 2.05 bits per heavy atom. The number of aliphatic carboxylic acids is 1. The van der Waals surface area contributed by atoms with Crippen LogP contribution >= 0.6 is 0 Å². The Morgan fingerprint density at radius 1 is 1.36 bits per heavy atom. The maximum Gasteiger partial charge on any atom is 0.434 e. The molecule has 1 N–H and O–H groups in total. The lowest BCUT2D eigenvalue weighted by atomic mass is 10.1. The zero-order valence-corrected chi connectivity index (χ0v) is 11.6. The van der Waals surface area contributed by atoms with Crippen molar-refractivity contribution in [2.75, 3.05) is 0 Å². The summed E-state index contributed by atoms with van der Waals surface area (Å²) in [5.74, 6) is -1.32. The van der Waals surface area contributed by atoms with Crippen molar-refractivity contribution in [3.8, 4) is 5.69 Å². The lowest BCUT2D eigenvalue weighted by Gasteiger charge is -2.14. The molecular weight excluding hydrogens is 297 g/mol. The molecule has 0 aliphatic rings. The second-order valence-corrected chi connectivity index (χ2v) is 4.51. The fraction of sp³-hybridized carbons (Fsp3) is 0.200. The Bertz CT molecular complexity index is 718. The number of carbonyl (C=O) groups is 1. The largest absolute Gasteiger partial charge is 0.478 e. The highest BCUT2D eigenvalue weighted by molar-refractivity contribution is 5.85. The van der Waals surface area contributed by atoms with Crippen molar-refractivity contribution in [3.63, 3.8) is 0 Å². The van der Waals surface area contributed by atoms with Crippen LogP contribution in [0.3, 0.4) is 0 Å². The number of hydrogen-bond donors (Lipinski definition) is 1. The van der Waals surface area contributed by atoms with Crippen LogP contribution in [0.25, 0.3) is 11.8 Å². The number of rotatable bonds is 4. The number of para-hydroxylation sites is 1. The molecule has 7 heteroatoms. The van der Waals surface area contributed by atoms with Crippen LogP contribution in [0.1, 0.15) is 23.7 Å². The molecule has 0 amide bonds. The zero-order valence-electron chi connectivity index (χ0n) is 11.6. The van der Waals surface area contributed by atoms with Gasteiger partial charge in [0.2, 0.25) is 0 Å². The van der Waals surface area contributed by atoms with Gasteiger partial charge in [0.15, 0.2) is 5.69 Å². The number of carboxylic acids is 1. The highest BCUT2D eigenvalue weighted by Crippen LogP contribution is 2.34. The third-order valence-corrected chi connectivity index (χ3v) is 3.07. The van der Waals surface area contributed by atoms with Crippen LogP contribution in [-0.2, 0) is 17.4 Å². The Kier molecular flexibility index (Phi) is 4.35. The van der Waals surface area contributed by atoms with Gasteiger partial charge in [0.25, 0.3) is 0 Å². The number of carboxylic acid groups (broad SMARTS) is 1. The summed E-state index contributed by atoms with van der Waals surface area (Å²) in [7, 11) is 0. The zero-order chi connectivity index (χ0) is 16.3. The highest BCUT2D eigenvalue weighted by Gasteiger charge is 2.38. The molecule has 0 unspecified atom stereocenters. The number of alkyl halides is 3. The first-order chi connectivity index (χ1) is 10.3. The van der Waals surface area contributed by atoms with E-state index in [2.05, 4.69) is 5.10 Å². The van der Waals surface area contributed by atoms with Crippen LogP contribution in [0.4, 0.5) is 13.2 Å². The van der Waals surface area contributed by atoms with Crippen LogP contribution in [0.5, 0.6) is 0 Å². The van der Waals surface area contributed by atoms with Gasteiger partial charge in [-0.3, -0.25) is 0 Å². The predicted molar refractivity (Wildman–Crippen MR) is 74.6 cm³/mol. The first-order valence-electron chi connectivity index (χ1n) is 6.49. The summed E-state index contributed by atoms with van der Waals surface area (Å²) in [6.07, 6.45) is -1.55. The molecular formula is C15H13F3N2O2. The third kappa shape index (κ3) is 3.19. The van der Waals surface area contributed by atoms with E-state index in [1.165, 1.54) is 0 Å². The van der Waals surface area contributed by atoms with Gasteiger partial charge < -0.3 is 5.11 Å². The summed E-state index contributed by atoms with van der Waals surface area (Å²) in [6.45, 7) is 1.83. The molecule has 0 bridgehead atoms. The molecule has 2 aromatic rings. The molecule has 0 saturated carbocycles. The average Bonchev–Trinajstić information content (AvgIpc) is 2.88. The van der Waals surface area contributed by atoms with Gasteiger partial charge >= 0.3 is 12.1 Å². The molecule has 0 aliphatic carbocycles. The van der Waals surface area contributed by atoms with Crippen molar-refractivity contribution in [2.24, 2.45) is 0 Å². The van der Waals surface area contributed by atoms with Gasteiger partial charge in [0.1, 0.15) is 0 Å². The summed E-state index contributed by atoms with van der Waals surface area (Å²) >= 11 is 0. The van der Waals surface area contributed by atoms with Gasteiger partial charge in [-0.25, -0.2) is 9.48 Å². The Morgan fingerprint density at radius 3 is 2.64 bits per heavy atom. The van der Waals surface area contributed by atoms with Gasteiger partial charge in [-0.05, 0) is 24.1 Å². The van der Waals surface area contributed by atoms with Crippen molar-refractivity contribution in [3.05, 3.63) is 53.4 Å². The number of aromatic nitrogens is 2. The maximum atomic E-state index is 13.3. The average molecular weight is 310 g/mol. The van der Waals surface area contributed by atoms with Gasteiger partial charge in [0, 0.05) is 11.6 Å². The Hall–Kier alpha value is -2.57. The van der Waals surface area contributed by atoms with Crippen molar-refractivity contribution in [2.45, 2.75) is 19.5 Å². The summed E-state index contributed by atoms with van der Waals surface area (Å²) in [6, 6.07) is 6.64. The Labute approximate surface area is 124 Å². The number of aryl methyl sites for hydroxylation is 1. The maximum absolute atomic E-state index is 13.3. The third-order valence-electron chi connectivity index (χ3n) is 3.07. The quantitative estimate of drug-likeness (QED) is 0.879. The molecule has 0 spiro atoms. The number of nitrogens with zero attached hydrogens (tertiary/aromatic N) is 2. The first-order valence-corrected chi connectivity index (χ1v) is 6.49. The molecule has 0 fully saturated rings. The van der Waals surface area contributed by atoms with E-state index in [1.54, 1.807) is 24.3 Å². The molecule has 1 heterocycles. The van der Waals surface area contributed by atoms with E-state index in [0.717, 1.165) is 17.0 Å². The molecule has 0 aliphatic heterocycles. The molecule has 22 heavy (non-hydrogen) atoms. The van der Waals surface area contributed by atoms with E-state index in [0.29, 0.717) is 23.7 Å².